The van der Waals surface area contributed by atoms with Crippen LogP contribution in [0, 0.1) is 6.92 Å². The summed E-state index contributed by atoms with van der Waals surface area (Å²) in [5.74, 6) is 0.398. The van der Waals surface area contributed by atoms with E-state index in [1.54, 1.807) is 6.92 Å². The number of aromatic nitrogens is 2. The van der Waals surface area contributed by atoms with Gasteiger partial charge in [-0.2, -0.15) is 0 Å². The molecule has 0 N–H and O–H groups in total. The average Bonchev–Trinajstić information content (AvgIpc) is 3.16. The summed E-state index contributed by atoms with van der Waals surface area (Å²) < 4.78 is 5.51. The summed E-state index contributed by atoms with van der Waals surface area (Å²) in [7, 11) is 0. The van der Waals surface area contributed by atoms with Crippen LogP contribution in [-0.2, 0) is 4.79 Å². The number of rotatable bonds is 4. The van der Waals surface area contributed by atoms with Gasteiger partial charge in [-0.1, -0.05) is 65.8 Å². The van der Waals surface area contributed by atoms with E-state index in [-0.39, 0.29) is 11.8 Å². The third kappa shape index (κ3) is 3.69. The molecule has 0 bridgehead atoms. The lowest BCUT2D eigenvalue weighted by Crippen LogP contribution is -2.50. The molecule has 1 aliphatic rings. The highest BCUT2D eigenvalue weighted by Crippen LogP contribution is 2.27. The fraction of sp³-hybridized carbons (Fsp3) is 0.286. The van der Waals surface area contributed by atoms with Gasteiger partial charge in [-0.25, -0.2) is 0 Å². The Morgan fingerprint density at radius 3 is 1.93 bits per heavy atom. The first kappa shape index (κ1) is 17.3. The number of amides is 1. The molecule has 138 valence electrons. The molecule has 6 nitrogen and oxygen atoms in total. The summed E-state index contributed by atoms with van der Waals surface area (Å²) in [6.07, 6.45) is 0. The summed E-state index contributed by atoms with van der Waals surface area (Å²) in [5.41, 5.74) is 2.03. The first-order valence-electron chi connectivity index (χ1n) is 9.16. The zero-order valence-electron chi connectivity index (χ0n) is 15.3. The predicted molar refractivity (Wildman–Crippen MR) is 103 cm³/mol. The van der Waals surface area contributed by atoms with Crippen LogP contribution in [0.4, 0.5) is 6.01 Å². The number of piperazine rings is 1. The van der Waals surface area contributed by atoms with Gasteiger partial charge in [-0.3, -0.25) is 4.79 Å². The van der Waals surface area contributed by atoms with E-state index in [1.807, 2.05) is 70.5 Å². The van der Waals surface area contributed by atoms with Crippen molar-refractivity contribution in [2.45, 2.75) is 12.8 Å². The molecule has 1 amide bonds. The van der Waals surface area contributed by atoms with Crippen molar-refractivity contribution in [3.63, 3.8) is 0 Å². The van der Waals surface area contributed by atoms with Crippen LogP contribution in [0.2, 0.25) is 0 Å². The number of hydrogen-bond acceptors (Lipinski definition) is 5. The Hall–Kier alpha value is -3.15. The molecule has 1 fully saturated rings. The van der Waals surface area contributed by atoms with Crippen LogP contribution in [0.15, 0.2) is 65.1 Å². The molecular formula is C21H22N4O2. The van der Waals surface area contributed by atoms with Crippen LogP contribution in [0.3, 0.4) is 0 Å². The van der Waals surface area contributed by atoms with Crippen molar-refractivity contribution in [2.24, 2.45) is 0 Å². The molecule has 0 aliphatic carbocycles. The lowest BCUT2D eigenvalue weighted by atomic mass is 9.90. The van der Waals surface area contributed by atoms with E-state index < -0.39 is 0 Å². The molecule has 1 aromatic heterocycles. The molecule has 27 heavy (non-hydrogen) atoms. The second-order valence-electron chi connectivity index (χ2n) is 6.67. The molecule has 0 atom stereocenters. The molecule has 3 aromatic rings. The Labute approximate surface area is 158 Å². The van der Waals surface area contributed by atoms with Crippen molar-refractivity contribution in [3.8, 4) is 0 Å². The van der Waals surface area contributed by atoms with Gasteiger partial charge < -0.3 is 14.2 Å². The van der Waals surface area contributed by atoms with Crippen molar-refractivity contribution >= 4 is 11.9 Å². The fourth-order valence-electron chi connectivity index (χ4n) is 3.48. The van der Waals surface area contributed by atoms with Crippen LogP contribution in [0.25, 0.3) is 0 Å². The normalized spacial score (nSPS) is 14.6. The van der Waals surface area contributed by atoms with Crippen LogP contribution < -0.4 is 4.90 Å². The SMILES string of the molecule is Cc1nnc(N2CCN(C(=O)C(c3ccccc3)c3ccccc3)CC2)o1. The largest absolute Gasteiger partial charge is 0.408 e. The highest BCUT2D eigenvalue weighted by molar-refractivity contribution is 5.87. The zero-order valence-corrected chi connectivity index (χ0v) is 15.3. The van der Waals surface area contributed by atoms with E-state index in [0.29, 0.717) is 38.1 Å². The summed E-state index contributed by atoms with van der Waals surface area (Å²) in [5, 5.41) is 7.96. The Bertz CT molecular complexity index is 847. The van der Waals surface area contributed by atoms with Crippen molar-refractivity contribution < 1.29 is 9.21 Å². The monoisotopic (exact) mass is 362 g/mol. The minimum atomic E-state index is -0.287. The topological polar surface area (TPSA) is 62.5 Å². The van der Waals surface area contributed by atoms with Gasteiger partial charge in [0.05, 0.1) is 5.92 Å². The lowest BCUT2D eigenvalue weighted by molar-refractivity contribution is -0.132. The third-order valence-corrected chi connectivity index (χ3v) is 4.89. The van der Waals surface area contributed by atoms with Crippen molar-refractivity contribution in [1.82, 2.24) is 15.1 Å². The minimum absolute atomic E-state index is 0.133. The molecule has 2 aromatic carbocycles. The molecule has 0 saturated carbocycles. The molecule has 0 spiro atoms. The molecule has 0 unspecified atom stereocenters. The molecule has 2 heterocycles. The number of carbonyl (C=O) groups excluding carboxylic acids is 1. The van der Waals surface area contributed by atoms with Gasteiger partial charge in [0.1, 0.15) is 0 Å². The van der Waals surface area contributed by atoms with E-state index in [9.17, 15) is 4.79 Å². The Balaban J connectivity index is 1.53. The summed E-state index contributed by atoms with van der Waals surface area (Å²) in [4.78, 5) is 17.4. The maximum Gasteiger partial charge on any atom is 0.318 e. The van der Waals surface area contributed by atoms with E-state index in [2.05, 4.69) is 10.2 Å². The maximum atomic E-state index is 13.4. The summed E-state index contributed by atoms with van der Waals surface area (Å²) in [6.45, 7) is 4.42. The van der Waals surface area contributed by atoms with E-state index >= 15 is 0 Å². The first-order chi connectivity index (χ1) is 13.2. The van der Waals surface area contributed by atoms with E-state index in [0.717, 1.165) is 11.1 Å². The Morgan fingerprint density at radius 2 is 1.44 bits per heavy atom. The van der Waals surface area contributed by atoms with Gasteiger partial charge in [0.2, 0.25) is 11.8 Å². The van der Waals surface area contributed by atoms with Gasteiger partial charge in [-0.15, -0.1) is 5.10 Å². The Morgan fingerprint density at radius 1 is 0.889 bits per heavy atom. The van der Waals surface area contributed by atoms with Crippen LogP contribution in [0.5, 0.6) is 0 Å². The van der Waals surface area contributed by atoms with Gasteiger partial charge in [-0.05, 0) is 11.1 Å². The molecule has 1 saturated heterocycles. The molecule has 0 radical (unpaired) electrons. The van der Waals surface area contributed by atoms with Crippen molar-refractivity contribution in [3.05, 3.63) is 77.7 Å². The molecule has 6 heteroatoms. The number of aryl methyl sites for hydroxylation is 1. The van der Waals surface area contributed by atoms with Gasteiger partial charge >= 0.3 is 6.01 Å². The average molecular weight is 362 g/mol. The predicted octanol–water partition coefficient (Wildman–Crippen LogP) is 2.86. The van der Waals surface area contributed by atoms with Crippen LogP contribution >= 0.6 is 0 Å². The van der Waals surface area contributed by atoms with E-state index in [4.69, 9.17) is 4.42 Å². The first-order valence-corrected chi connectivity index (χ1v) is 9.16. The van der Waals surface area contributed by atoms with Gasteiger partial charge in [0, 0.05) is 33.1 Å². The summed E-state index contributed by atoms with van der Waals surface area (Å²) >= 11 is 0. The number of anilines is 1. The standard InChI is InChI=1S/C21H22N4O2/c1-16-22-23-21(27-16)25-14-12-24(13-15-25)20(26)19(17-8-4-2-5-9-17)18-10-6-3-7-11-18/h2-11,19H,12-15H2,1H3. The molecule has 4 rings (SSSR count). The van der Waals surface area contributed by atoms with E-state index in [1.165, 1.54) is 0 Å². The number of carbonyl (C=O) groups is 1. The maximum absolute atomic E-state index is 13.4. The lowest BCUT2D eigenvalue weighted by Gasteiger charge is -2.35. The Kier molecular flexibility index (Phi) is 4.87. The highest BCUT2D eigenvalue weighted by atomic mass is 16.4. The number of nitrogens with zero attached hydrogens (tertiary/aromatic N) is 4. The second-order valence-corrected chi connectivity index (χ2v) is 6.67. The smallest absolute Gasteiger partial charge is 0.318 e. The second kappa shape index (κ2) is 7.61. The van der Waals surface area contributed by atoms with Gasteiger partial charge in [0.15, 0.2) is 0 Å². The van der Waals surface area contributed by atoms with Crippen molar-refractivity contribution in [1.29, 1.82) is 0 Å². The fourth-order valence-corrected chi connectivity index (χ4v) is 3.48. The van der Waals surface area contributed by atoms with Gasteiger partial charge in [0.25, 0.3) is 0 Å². The summed E-state index contributed by atoms with van der Waals surface area (Å²) in [6, 6.07) is 20.5. The molecular weight excluding hydrogens is 340 g/mol. The number of benzene rings is 2. The van der Waals surface area contributed by atoms with Crippen molar-refractivity contribution in [2.75, 3.05) is 31.1 Å². The highest BCUT2D eigenvalue weighted by Gasteiger charge is 2.30. The molecule has 1 aliphatic heterocycles. The number of hydrogen-bond donors (Lipinski definition) is 0. The van der Waals surface area contributed by atoms with Crippen LogP contribution in [0.1, 0.15) is 22.9 Å². The zero-order chi connectivity index (χ0) is 18.6. The quantitative estimate of drug-likeness (QED) is 0.714. The minimum Gasteiger partial charge on any atom is -0.408 e. The van der Waals surface area contributed by atoms with Crippen LogP contribution in [-0.4, -0.2) is 47.2 Å². The third-order valence-electron chi connectivity index (χ3n) is 4.89.